The minimum atomic E-state index is -3.97. The van der Waals surface area contributed by atoms with Crippen LogP contribution in [0.1, 0.15) is 12.0 Å². The molecule has 0 saturated carbocycles. The monoisotopic (exact) mass is 356 g/mol. The number of nitrogens with zero attached hydrogens (tertiary/aromatic N) is 1. The summed E-state index contributed by atoms with van der Waals surface area (Å²) >= 11 is 0. The molecule has 0 spiro atoms. The molecule has 1 amide bonds. The average Bonchev–Trinajstić information content (AvgIpc) is 2.98. The van der Waals surface area contributed by atoms with E-state index in [1.807, 2.05) is 0 Å². The van der Waals surface area contributed by atoms with Gasteiger partial charge in [-0.25, -0.2) is 8.42 Å². The van der Waals surface area contributed by atoms with Crippen LogP contribution in [0.4, 0.5) is 0 Å². The van der Waals surface area contributed by atoms with Crippen LogP contribution < -0.4 is 9.57 Å². The lowest BCUT2D eigenvalue weighted by Crippen LogP contribution is -2.55. The second-order valence-electron chi connectivity index (χ2n) is 5.41. The lowest BCUT2D eigenvalue weighted by molar-refractivity contribution is -0.161. The van der Waals surface area contributed by atoms with Gasteiger partial charge in [0.2, 0.25) is 0 Å². The molecule has 0 radical (unpaired) electrons. The summed E-state index contributed by atoms with van der Waals surface area (Å²) in [7, 11) is -3.97. The first-order chi connectivity index (χ1) is 11.4. The highest BCUT2D eigenvalue weighted by Gasteiger charge is 2.34. The van der Waals surface area contributed by atoms with Gasteiger partial charge < -0.3 is 14.6 Å². The van der Waals surface area contributed by atoms with Crippen molar-refractivity contribution in [1.29, 1.82) is 0 Å². The second-order valence-corrected chi connectivity index (χ2v) is 7.07. The molecule has 24 heavy (non-hydrogen) atoms. The summed E-state index contributed by atoms with van der Waals surface area (Å²) < 4.78 is 35.4. The van der Waals surface area contributed by atoms with Crippen molar-refractivity contribution in [3.05, 3.63) is 23.8 Å². The molecule has 3 rings (SSSR count). The number of carbonyl (C=O) groups excluding carboxylic acids is 1. The van der Waals surface area contributed by atoms with Crippen molar-refractivity contribution in [3.8, 4) is 5.75 Å². The maximum Gasteiger partial charge on any atom is 0.306 e. The fraction of sp³-hybridized carbons (Fsp3) is 0.429. The summed E-state index contributed by atoms with van der Waals surface area (Å²) in [5.41, 5.74) is 0.787. The Morgan fingerprint density at radius 1 is 1.38 bits per heavy atom. The summed E-state index contributed by atoms with van der Waals surface area (Å²) in [6.45, 7) is 0.553. The van der Waals surface area contributed by atoms with E-state index in [1.54, 1.807) is 6.07 Å². The molecule has 2 aliphatic rings. The molecule has 2 aliphatic heterocycles. The highest BCUT2D eigenvalue weighted by molar-refractivity contribution is 7.89. The number of morpholine rings is 1. The number of nitrogens with one attached hydrogen (secondary N) is 1. The molecule has 10 heteroatoms. The van der Waals surface area contributed by atoms with Crippen molar-refractivity contribution in [1.82, 2.24) is 9.84 Å². The third-order valence-electron chi connectivity index (χ3n) is 3.74. The van der Waals surface area contributed by atoms with E-state index in [0.29, 0.717) is 18.8 Å². The van der Waals surface area contributed by atoms with Crippen molar-refractivity contribution in [2.45, 2.75) is 23.8 Å². The fourth-order valence-corrected chi connectivity index (χ4v) is 3.69. The van der Waals surface area contributed by atoms with Crippen LogP contribution in [0.15, 0.2) is 23.1 Å². The van der Waals surface area contributed by atoms with E-state index in [1.165, 1.54) is 12.1 Å². The molecule has 1 aromatic rings. The standard InChI is InChI=1S/C14H16N2O7S/c17-13(18)8-12-14(19)16(4-6-23-12)15-24(20,21)10-1-2-11-9(7-10)3-5-22-11/h1-2,7,12,15H,3-6,8H2,(H,17,18)/t12-/m0/s1. The molecule has 2 heterocycles. The molecule has 0 unspecified atom stereocenters. The third-order valence-corrected chi connectivity index (χ3v) is 5.07. The number of carbonyl (C=O) groups is 2. The van der Waals surface area contributed by atoms with Crippen LogP contribution in [-0.4, -0.2) is 56.3 Å². The molecule has 0 aliphatic carbocycles. The van der Waals surface area contributed by atoms with Crippen LogP contribution >= 0.6 is 0 Å². The van der Waals surface area contributed by atoms with E-state index in [0.717, 1.165) is 10.6 Å². The predicted molar refractivity (Wildman–Crippen MR) is 79.7 cm³/mol. The van der Waals surface area contributed by atoms with Gasteiger partial charge in [-0.1, -0.05) is 0 Å². The van der Waals surface area contributed by atoms with Gasteiger partial charge in [-0.2, -0.15) is 0 Å². The zero-order valence-corrected chi connectivity index (χ0v) is 13.4. The molecular formula is C14H16N2O7S. The number of hydrazine groups is 1. The number of fused-ring (bicyclic) bond motifs is 1. The van der Waals surface area contributed by atoms with Gasteiger partial charge >= 0.3 is 5.97 Å². The zero-order valence-electron chi connectivity index (χ0n) is 12.6. The smallest absolute Gasteiger partial charge is 0.306 e. The van der Waals surface area contributed by atoms with E-state index in [9.17, 15) is 18.0 Å². The van der Waals surface area contributed by atoms with Crippen molar-refractivity contribution in [3.63, 3.8) is 0 Å². The maximum atomic E-state index is 12.5. The SMILES string of the molecule is O=C(O)C[C@@H]1OCCN(NS(=O)(=O)c2ccc3c(c2)CCO3)C1=O. The van der Waals surface area contributed by atoms with Gasteiger partial charge in [0.25, 0.3) is 15.9 Å². The van der Waals surface area contributed by atoms with Crippen LogP contribution in [0.5, 0.6) is 5.75 Å². The average molecular weight is 356 g/mol. The van der Waals surface area contributed by atoms with Crippen LogP contribution in [0.25, 0.3) is 0 Å². The Balaban J connectivity index is 1.76. The van der Waals surface area contributed by atoms with Crippen LogP contribution in [0, 0.1) is 0 Å². The van der Waals surface area contributed by atoms with Gasteiger partial charge in [0.15, 0.2) is 0 Å². The maximum absolute atomic E-state index is 12.5. The number of aliphatic carboxylic acids is 1. The molecule has 130 valence electrons. The van der Waals surface area contributed by atoms with E-state index in [4.69, 9.17) is 14.6 Å². The van der Waals surface area contributed by atoms with Crippen molar-refractivity contribution in [2.24, 2.45) is 0 Å². The van der Waals surface area contributed by atoms with E-state index in [-0.39, 0.29) is 18.0 Å². The molecular weight excluding hydrogens is 340 g/mol. The number of hydrogen-bond acceptors (Lipinski definition) is 6. The predicted octanol–water partition coefficient (Wildman–Crippen LogP) is -0.483. The summed E-state index contributed by atoms with van der Waals surface area (Å²) in [5, 5.41) is 9.65. The largest absolute Gasteiger partial charge is 0.493 e. The number of rotatable bonds is 5. The van der Waals surface area contributed by atoms with Crippen molar-refractivity contribution >= 4 is 21.9 Å². The van der Waals surface area contributed by atoms with Gasteiger partial charge in [0.05, 0.1) is 31.1 Å². The quantitative estimate of drug-likeness (QED) is 0.730. The lowest BCUT2D eigenvalue weighted by atomic mass is 10.2. The number of sulfonamides is 1. The Hall–Kier alpha value is -2.17. The van der Waals surface area contributed by atoms with E-state index < -0.39 is 34.4 Å². The molecule has 0 bridgehead atoms. The summed E-state index contributed by atoms with van der Waals surface area (Å²) in [4.78, 5) is 25.1. The van der Waals surface area contributed by atoms with Gasteiger partial charge in [0.1, 0.15) is 11.9 Å². The van der Waals surface area contributed by atoms with E-state index in [2.05, 4.69) is 4.83 Å². The summed E-state index contributed by atoms with van der Waals surface area (Å²) in [5.74, 6) is -1.27. The molecule has 1 atom stereocenters. The first kappa shape index (κ1) is 16.7. The topological polar surface area (TPSA) is 122 Å². The molecule has 1 saturated heterocycles. The highest BCUT2D eigenvalue weighted by Crippen LogP contribution is 2.27. The van der Waals surface area contributed by atoms with Gasteiger partial charge in [-0.05, 0) is 23.8 Å². The normalized spacial score (nSPS) is 20.6. The van der Waals surface area contributed by atoms with Gasteiger partial charge in [-0.15, -0.1) is 4.83 Å². The first-order valence-corrected chi connectivity index (χ1v) is 8.78. The molecule has 9 nitrogen and oxygen atoms in total. The number of hydrogen-bond donors (Lipinski definition) is 2. The summed E-state index contributed by atoms with van der Waals surface area (Å²) in [6, 6.07) is 4.47. The van der Waals surface area contributed by atoms with Crippen LogP contribution in [0.2, 0.25) is 0 Å². The van der Waals surface area contributed by atoms with Crippen LogP contribution in [-0.2, 0) is 30.8 Å². The number of carboxylic acid groups (broad SMARTS) is 1. The Labute approximate surface area is 138 Å². The fourth-order valence-electron chi connectivity index (χ4n) is 2.56. The second kappa shape index (κ2) is 6.38. The molecule has 1 aromatic carbocycles. The Kier molecular flexibility index (Phi) is 4.43. The molecule has 2 N–H and O–H groups in total. The minimum Gasteiger partial charge on any atom is -0.493 e. The third kappa shape index (κ3) is 3.35. The van der Waals surface area contributed by atoms with Gasteiger partial charge in [0, 0.05) is 6.42 Å². The van der Waals surface area contributed by atoms with E-state index >= 15 is 0 Å². The van der Waals surface area contributed by atoms with Crippen molar-refractivity contribution < 1.29 is 32.6 Å². The summed E-state index contributed by atoms with van der Waals surface area (Å²) in [6.07, 6.45) is -1.10. The van der Waals surface area contributed by atoms with Crippen molar-refractivity contribution in [2.75, 3.05) is 19.8 Å². The Bertz CT molecular complexity index is 777. The Morgan fingerprint density at radius 3 is 2.92 bits per heavy atom. The first-order valence-electron chi connectivity index (χ1n) is 7.30. The van der Waals surface area contributed by atoms with Crippen LogP contribution in [0.3, 0.4) is 0 Å². The highest BCUT2D eigenvalue weighted by atomic mass is 32.2. The lowest BCUT2D eigenvalue weighted by Gasteiger charge is -2.31. The Morgan fingerprint density at radius 2 is 2.17 bits per heavy atom. The minimum absolute atomic E-state index is 0.00222. The molecule has 1 fully saturated rings. The number of amides is 1. The number of benzene rings is 1. The molecule has 0 aromatic heterocycles. The van der Waals surface area contributed by atoms with Gasteiger partial charge in [-0.3, -0.25) is 14.6 Å². The zero-order chi connectivity index (χ0) is 17.3. The number of ether oxygens (including phenoxy) is 2. The number of carboxylic acids is 1.